The van der Waals surface area contributed by atoms with Gasteiger partial charge in [0, 0.05) is 34.1 Å². The summed E-state index contributed by atoms with van der Waals surface area (Å²) in [6.45, 7) is 0. The maximum absolute atomic E-state index is 6.21. The molecule has 0 saturated heterocycles. The van der Waals surface area contributed by atoms with Crippen LogP contribution in [-0.2, 0) is 0 Å². The van der Waals surface area contributed by atoms with Crippen molar-refractivity contribution < 1.29 is 0 Å². The molecule has 1 aliphatic rings. The first-order valence-corrected chi connectivity index (χ1v) is 5.44. The van der Waals surface area contributed by atoms with Crippen molar-refractivity contribution in [3.05, 3.63) is 41.0 Å². The van der Waals surface area contributed by atoms with E-state index in [-0.39, 0.29) is 6.04 Å². The fraction of sp³-hybridized carbons (Fsp3) is 0.250. The lowest BCUT2D eigenvalue weighted by molar-refractivity contribution is 0.994. The quantitative estimate of drug-likeness (QED) is 0.800. The van der Waals surface area contributed by atoms with Crippen molar-refractivity contribution in [3.63, 3.8) is 0 Å². The van der Waals surface area contributed by atoms with Crippen LogP contribution in [0.2, 0.25) is 5.02 Å². The average molecular weight is 219 g/mol. The van der Waals surface area contributed by atoms with Crippen molar-refractivity contribution in [1.29, 1.82) is 0 Å². The Morgan fingerprint density at radius 2 is 2.13 bits per heavy atom. The summed E-state index contributed by atoms with van der Waals surface area (Å²) >= 11 is 6.21. The van der Waals surface area contributed by atoms with E-state index in [1.165, 1.54) is 0 Å². The minimum Gasteiger partial charge on any atom is -0.327 e. The summed E-state index contributed by atoms with van der Waals surface area (Å²) in [5.41, 5.74) is 8.00. The number of pyridine rings is 1. The molecule has 0 aliphatic heterocycles. The molecule has 1 aliphatic carbocycles. The first kappa shape index (κ1) is 9.13. The van der Waals surface area contributed by atoms with Crippen molar-refractivity contribution in [1.82, 2.24) is 4.98 Å². The van der Waals surface area contributed by atoms with Crippen LogP contribution in [0.3, 0.4) is 0 Å². The van der Waals surface area contributed by atoms with Crippen LogP contribution >= 0.6 is 11.6 Å². The van der Waals surface area contributed by atoms with E-state index >= 15 is 0 Å². The number of rotatable bonds is 1. The van der Waals surface area contributed by atoms with Crippen molar-refractivity contribution in [3.8, 4) is 0 Å². The maximum Gasteiger partial charge on any atom is 0.0752 e. The van der Waals surface area contributed by atoms with Gasteiger partial charge in [0.2, 0.25) is 0 Å². The molecular weight excluding hydrogens is 208 g/mol. The number of fused-ring (bicyclic) bond motifs is 1. The normalized spacial score (nSPS) is 24.4. The van der Waals surface area contributed by atoms with Crippen molar-refractivity contribution >= 4 is 22.5 Å². The van der Waals surface area contributed by atoms with E-state index in [1.807, 2.05) is 18.2 Å². The molecule has 0 radical (unpaired) electrons. The zero-order chi connectivity index (χ0) is 10.4. The predicted molar refractivity (Wildman–Crippen MR) is 62.1 cm³/mol. The van der Waals surface area contributed by atoms with Gasteiger partial charge in [0.15, 0.2) is 0 Å². The molecule has 0 amide bonds. The Balaban J connectivity index is 2.29. The molecule has 1 fully saturated rings. The molecule has 1 saturated carbocycles. The lowest BCUT2D eigenvalue weighted by Gasteiger charge is -2.06. The minimum atomic E-state index is 0.259. The Bertz CT molecular complexity index is 524. The van der Waals surface area contributed by atoms with Gasteiger partial charge in [-0.05, 0) is 18.6 Å². The molecule has 1 aromatic carbocycles. The first-order chi connectivity index (χ1) is 7.27. The van der Waals surface area contributed by atoms with Crippen LogP contribution in [0.1, 0.15) is 17.9 Å². The largest absolute Gasteiger partial charge is 0.327 e. The lowest BCUT2D eigenvalue weighted by Crippen LogP contribution is -2.02. The van der Waals surface area contributed by atoms with Gasteiger partial charge in [-0.3, -0.25) is 4.98 Å². The van der Waals surface area contributed by atoms with Crippen LogP contribution in [0.5, 0.6) is 0 Å². The number of hydrogen-bond acceptors (Lipinski definition) is 2. The van der Waals surface area contributed by atoms with Gasteiger partial charge in [0.1, 0.15) is 0 Å². The van der Waals surface area contributed by atoms with Gasteiger partial charge in [-0.2, -0.15) is 0 Å². The third kappa shape index (κ3) is 1.41. The number of aromatic nitrogens is 1. The highest BCUT2D eigenvalue weighted by Gasteiger charge is 2.37. The van der Waals surface area contributed by atoms with Gasteiger partial charge in [-0.25, -0.2) is 0 Å². The monoisotopic (exact) mass is 218 g/mol. The smallest absolute Gasteiger partial charge is 0.0752 e. The molecule has 2 nitrogen and oxygen atoms in total. The van der Waals surface area contributed by atoms with E-state index < -0.39 is 0 Å². The van der Waals surface area contributed by atoms with E-state index in [0.717, 1.165) is 27.9 Å². The van der Waals surface area contributed by atoms with Crippen LogP contribution < -0.4 is 5.73 Å². The Labute approximate surface area is 93.1 Å². The van der Waals surface area contributed by atoms with E-state index in [0.29, 0.717) is 5.92 Å². The van der Waals surface area contributed by atoms with Gasteiger partial charge >= 0.3 is 0 Å². The third-order valence-corrected chi connectivity index (χ3v) is 3.30. The number of halogens is 1. The number of hydrogen-bond donors (Lipinski definition) is 1. The first-order valence-electron chi connectivity index (χ1n) is 5.06. The molecule has 76 valence electrons. The zero-order valence-corrected chi connectivity index (χ0v) is 8.91. The van der Waals surface area contributed by atoms with E-state index in [1.54, 1.807) is 6.20 Å². The Kier molecular flexibility index (Phi) is 1.94. The summed E-state index contributed by atoms with van der Waals surface area (Å²) in [6, 6.07) is 8.19. The minimum absolute atomic E-state index is 0.259. The average Bonchev–Trinajstić information content (AvgIpc) is 2.95. The second kappa shape index (κ2) is 3.19. The van der Waals surface area contributed by atoms with Crippen LogP contribution in [0.4, 0.5) is 0 Å². The lowest BCUT2D eigenvalue weighted by atomic mass is 10.1. The molecule has 2 atom stereocenters. The summed E-state index contributed by atoms with van der Waals surface area (Å²) in [6.07, 6.45) is 2.82. The fourth-order valence-corrected chi connectivity index (χ4v) is 2.34. The SMILES string of the molecule is NC1CC1c1c(Cl)ccc2cccnc12. The summed E-state index contributed by atoms with van der Waals surface area (Å²) in [4.78, 5) is 4.40. The van der Waals surface area contributed by atoms with Crippen molar-refractivity contribution in [2.75, 3.05) is 0 Å². The Morgan fingerprint density at radius 3 is 2.87 bits per heavy atom. The molecule has 1 aromatic heterocycles. The standard InChI is InChI=1S/C12H11ClN2/c13-9-4-3-7-2-1-5-15-12(7)11(9)8-6-10(8)14/h1-5,8,10H,6,14H2. The number of nitrogens with zero attached hydrogens (tertiary/aromatic N) is 1. The van der Waals surface area contributed by atoms with E-state index in [9.17, 15) is 0 Å². The van der Waals surface area contributed by atoms with Gasteiger partial charge in [-0.1, -0.05) is 23.7 Å². The molecule has 3 heteroatoms. The molecular formula is C12H11ClN2. The Hall–Kier alpha value is -1.12. The number of nitrogens with two attached hydrogens (primary N) is 1. The fourth-order valence-electron chi connectivity index (χ4n) is 2.04. The van der Waals surface area contributed by atoms with Crippen LogP contribution in [0, 0.1) is 0 Å². The zero-order valence-electron chi connectivity index (χ0n) is 8.15. The molecule has 0 bridgehead atoms. The van der Waals surface area contributed by atoms with Gasteiger partial charge in [-0.15, -0.1) is 0 Å². The molecule has 1 heterocycles. The molecule has 2 unspecified atom stereocenters. The van der Waals surface area contributed by atoms with Gasteiger partial charge in [0.25, 0.3) is 0 Å². The maximum atomic E-state index is 6.21. The second-order valence-corrected chi connectivity index (χ2v) is 4.45. The van der Waals surface area contributed by atoms with Crippen LogP contribution in [0.25, 0.3) is 10.9 Å². The Morgan fingerprint density at radius 1 is 1.33 bits per heavy atom. The molecule has 2 N–H and O–H groups in total. The van der Waals surface area contributed by atoms with E-state index in [4.69, 9.17) is 17.3 Å². The summed E-state index contributed by atoms with van der Waals surface area (Å²) < 4.78 is 0. The summed E-state index contributed by atoms with van der Waals surface area (Å²) in [5, 5.41) is 1.93. The summed E-state index contributed by atoms with van der Waals surface area (Å²) in [5.74, 6) is 0.399. The predicted octanol–water partition coefficient (Wildman–Crippen LogP) is 2.70. The van der Waals surface area contributed by atoms with E-state index in [2.05, 4.69) is 11.1 Å². The van der Waals surface area contributed by atoms with Gasteiger partial charge in [0.05, 0.1) is 5.52 Å². The van der Waals surface area contributed by atoms with Crippen molar-refractivity contribution in [2.24, 2.45) is 5.73 Å². The molecule has 0 spiro atoms. The van der Waals surface area contributed by atoms with Crippen LogP contribution in [-0.4, -0.2) is 11.0 Å². The van der Waals surface area contributed by atoms with Crippen LogP contribution in [0.15, 0.2) is 30.5 Å². The molecule has 2 aromatic rings. The highest BCUT2D eigenvalue weighted by molar-refractivity contribution is 6.32. The summed E-state index contributed by atoms with van der Waals surface area (Å²) in [7, 11) is 0. The topological polar surface area (TPSA) is 38.9 Å². The third-order valence-electron chi connectivity index (χ3n) is 2.97. The molecule has 3 rings (SSSR count). The highest BCUT2D eigenvalue weighted by atomic mass is 35.5. The number of benzene rings is 1. The van der Waals surface area contributed by atoms with Crippen molar-refractivity contribution in [2.45, 2.75) is 18.4 Å². The second-order valence-electron chi connectivity index (χ2n) is 4.04. The van der Waals surface area contributed by atoms with Gasteiger partial charge < -0.3 is 5.73 Å². The molecule has 15 heavy (non-hydrogen) atoms. The highest BCUT2D eigenvalue weighted by Crippen LogP contribution is 2.44.